The number of aromatic nitrogens is 3. The van der Waals surface area contributed by atoms with Gasteiger partial charge in [-0.25, -0.2) is 0 Å². The molecule has 100 valence electrons. The maximum Gasteiger partial charge on any atom is 0.322 e. The van der Waals surface area contributed by atoms with Gasteiger partial charge in [0.25, 0.3) is 0 Å². The molecule has 0 saturated carbocycles. The Labute approximate surface area is 106 Å². The first-order valence-corrected chi connectivity index (χ1v) is 6.14. The Hall–Kier alpha value is -1.63. The molecule has 1 saturated heterocycles. The fraction of sp³-hybridized carbons (Fsp3) is 0.727. The van der Waals surface area contributed by atoms with Gasteiger partial charge in [0.1, 0.15) is 0 Å². The topological polar surface area (TPSA) is 95.2 Å². The van der Waals surface area contributed by atoms with Gasteiger partial charge >= 0.3 is 6.01 Å². The Kier molecular flexibility index (Phi) is 4.14. The highest BCUT2D eigenvalue weighted by atomic mass is 16.5. The first kappa shape index (κ1) is 12.8. The second-order valence-corrected chi connectivity index (χ2v) is 4.25. The van der Waals surface area contributed by atoms with Crippen molar-refractivity contribution in [3.05, 3.63) is 0 Å². The van der Waals surface area contributed by atoms with Crippen molar-refractivity contribution in [3.63, 3.8) is 0 Å². The summed E-state index contributed by atoms with van der Waals surface area (Å²) in [5, 5.41) is 3.16. The summed E-state index contributed by atoms with van der Waals surface area (Å²) in [4.78, 5) is 11.9. The van der Waals surface area contributed by atoms with E-state index < -0.39 is 0 Å². The van der Waals surface area contributed by atoms with Crippen LogP contribution in [-0.2, 0) is 4.74 Å². The maximum atomic E-state index is 5.63. The van der Waals surface area contributed by atoms with E-state index in [4.69, 9.17) is 15.2 Å². The van der Waals surface area contributed by atoms with Crippen molar-refractivity contribution < 1.29 is 9.47 Å². The van der Waals surface area contributed by atoms with Crippen LogP contribution in [0, 0.1) is 5.92 Å². The summed E-state index contributed by atoms with van der Waals surface area (Å²) in [6, 6.07) is 0.222. The summed E-state index contributed by atoms with van der Waals surface area (Å²) >= 11 is 0. The Morgan fingerprint density at radius 1 is 1.44 bits per heavy atom. The summed E-state index contributed by atoms with van der Waals surface area (Å²) in [6.45, 7) is 3.73. The van der Waals surface area contributed by atoms with Crippen LogP contribution in [-0.4, -0.2) is 41.3 Å². The second-order valence-electron chi connectivity index (χ2n) is 4.25. The van der Waals surface area contributed by atoms with Crippen LogP contribution < -0.4 is 15.8 Å². The minimum atomic E-state index is 0.152. The van der Waals surface area contributed by atoms with Crippen LogP contribution in [0.3, 0.4) is 0 Å². The normalized spacial score (nSPS) is 23.0. The molecule has 2 rings (SSSR count). The highest BCUT2D eigenvalue weighted by molar-refractivity contribution is 5.32. The summed E-state index contributed by atoms with van der Waals surface area (Å²) in [6.07, 6.45) is 2.40. The third-order valence-electron chi connectivity index (χ3n) is 3.09. The lowest BCUT2D eigenvalue weighted by Gasteiger charge is -2.17. The van der Waals surface area contributed by atoms with E-state index in [1.54, 1.807) is 0 Å². The van der Waals surface area contributed by atoms with Crippen molar-refractivity contribution in [1.29, 1.82) is 0 Å². The zero-order valence-corrected chi connectivity index (χ0v) is 10.7. The van der Waals surface area contributed by atoms with E-state index in [1.807, 2.05) is 0 Å². The summed E-state index contributed by atoms with van der Waals surface area (Å²) in [5.41, 5.74) is 5.57. The highest BCUT2D eigenvalue weighted by Gasteiger charge is 2.26. The largest absolute Gasteiger partial charge is 0.467 e. The van der Waals surface area contributed by atoms with E-state index in [2.05, 4.69) is 27.2 Å². The van der Waals surface area contributed by atoms with Gasteiger partial charge in [0.2, 0.25) is 11.9 Å². The molecule has 1 fully saturated rings. The molecule has 1 aliphatic rings. The number of nitrogen functional groups attached to an aromatic ring is 1. The number of hydrogen-bond donors (Lipinski definition) is 2. The Morgan fingerprint density at radius 2 is 2.28 bits per heavy atom. The predicted octanol–water partition coefficient (Wildman–Crippen LogP) is 0.689. The zero-order valence-electron chi connectivity index (χ0n) is 10.7. The molecule has 1 aromatic heterocycles. The molecule has 1 aromatic rings. The molecule has 0 radical (unpaired) electrons. The molecule has 2 unspecified atom stereocenters. The molecule has 2 heterocycles. The predicted molar refractivity (Wildman–Crippen MR) is 67.4 cm³/mol. The molecule has 2 atom stereocenters. The molecule has 7 heteroatoms. The van der Waals surface area contributed by atoms with Crippen molar-refractivity contribution in [3.8, 4) is 6.01 Å². The van der Waals surface area contributed by atoms with Crippen LogP contribution in [0.25, 0.3) is 0 Å². The number of methoxy groups -OCH3 is 1. The molecule has 3 N–H and O–H groups in total. The van der Waals surface area contributed by atoms with Gasteiger partial charge < -0.3 is 20.5 Å². The first-order chi connectivity index (χ1) is 8.72. The van der Waals surface area contributed by atoms with Crippen LogP contribution in [0.5, 0.6) is 6.01 Å². The van der Waals surface area contributed by atoms with Gasteiger partial charge in [-0.15, -0.1) is 0 Å². The van der Waals surface area contributed by atoms with E-state index in [-0.39, 0.29) is 12.0 Å². The number of rotatable bonds is 5. The van der Waals surface area contributed by atoms with E-state index >= 15 is 0 Å². The zero-order chi connectivity index (χ0) is 13.0. The molecule has 0 aliphatic carbocycles. The van der Waals surface area contributed by atoms with E-state index in [1.165, 1.54) is 7.11 Å². The Balaban J connectivity index is 1.95. The lowest BCUT2D eigenvalue weighted by atomic mass is 10.00. The van der Waals surface area contributed by atoms with Crippen LogP contribution in [0.1, 0.15) is 19.8 Å². The maximum absolute atomic E-state index is 5.63. The van der Waals surface area contributed by atoms with Gasteiger partial charge in [0.05, 0.1) is 13.2 Å². The average molecular weight is 253 g/mol. The molecule has 18 heavy (non-hydrogen) atoms. The van der Waals surface area contributed by atoms with E-state index in [0.29, 0.717) is 18.0 Å². The van der Waals surface area contributed by atoms with Crippen LogP contribution >= 0.6 is 0 Å². The molecular formula is C11H19N5O2. The monoisotopic (exact) mass is 253 g/mol. The van der Waals surface area contributed by atoms with Crippen molar-refractivity contribution >= 4 is 11.9 Å². The molecule has 0 amide bonds. The highest BCUT2D eigenvalue weighted by Crippen LogP contribution is 2.23. The third-order valence-corrected chi connectivity index (χ3v) is 3.09. The summed E-state index contributed by atoms with van der Waals surface area (Å²) < 4.78 is 10.6. The van der Waals surface area contributed by atoms with E-state index in [0.717, 1.165) is 26.0 Å². The molecule has 7 nitrogen and oxygen atoms in total. The number of ether oxygens (including phenoxy) is 2. The van der Waals surface area contributed by atoms with Gasteiger partial charge in [-0.1, -0.05) is 6.92 Å². The van der Waals surface area contributed by atoms with Crippen molar-refractivity contribution in [1.82, 2.24) is 15.0 Å². The second kappa shape index (κ2) is 5.81. The smallest absolute Gasteiger partial charge is 0.322 e. The fourth-order valence-corrected chi connectivity index (χ4v) is 2.14. The molecule has 0 aromatic carbocycles. The van der Waals surface area contributed by atoms with Crippen LogP contribution in [0.2, 0.25) is 0 Å². The van der Waals surface area contributed by atoms with Gasteiger partial charge in [-0.3, -0.25) is 0 Å². The van der Waals surface area contributed by atoms with Gasteiger partial charge in [-0.2, -0.15) is 15.0 Å². The van der Waals surface area contributed by atoms with Crippen molar-refractivity contribution in [2.45, 2.75) is 25.9 Å². The van der Waals surface area contributed by atoms with E-state index in [9.17, 15) is 0 Å². The minimum absolute atomic E-state index is 0.152. The quantitative estimate of drug-likeness (QED) is 0.797. The lowest BCUT2D eigenvalue weighted by Crippen LogP contribution is -2.23. The summed E-state index contributed by atoms with van der Waals surface area (Å²) in [5.74, 6) is 1.08. The molecule has 1 aliphatic heterocycles. The molecule has 0 bridgehead atoms. The Morgan fingerprint density at radius 3 is 3.00 bits per heavy atom. The summed E-state index contributed by atoms with van der Waals surface area (Å²) in [7, 11) is 1.50. The fourth-order valence-electron chi connectivity index (χ4n) is 2.14. The third kappa shape index (κ3) is 2.98. The number of nitrogens with two attached hydrogens (primary N) is 1. The van der Waals surface area contributed by atoms with Gasteiger partial charge in [0.15, 0.2) is 0 Å². The number of hydrogen-bond acceptors (Lipinski definition) is 7. The first-order valence-electron chi connectivity index (χ1n) is 6.14. The number of nitrogens with zero attached hydrogens (tertiary/aromatic N) is 3. The van der Waals surface area contributed by atoms with Crippen molar-refractivity contribution in [2.24, 2.45) is 5.92 Å². The van der Waals surface area contributed by atoms with Gasteiger partial charge in [-0.05, 0) is 12.8 Å². The minimum Gasteiger partial charge on any atom is -0.467 e. The van der Waals surface area contributed by atoms with Crippen LogP contribution in [0.4, 0.5) is 11.9 Å². The standard InChI is InChI=1S/C11H19N5O2/c1-3-8-7(4-5-18-8)6-13-10-14-9(12)15-11(16-10)17-2/h7-8H,3-6H2,1-2H3,(H3,12,13,14,15,16). The van der Waals surface area contributed by atoms with Crippen molar-refractivity contribution in [2.75, 3.05) is 31.3 Å². The molecule has 0 spiro atoms. The SMILES string of the molecule is CCC1OCCC1CNc1nc(N)nc(OC)n1. The number of nitrogens with one attached hydrogen (secondary N) is 1. The molecular weight excluding hydrogens is 234 g/mol. The average Bonchev–Trinajstić information content (AvgIpc) is 2.83. The van der Waals surface area contributed by atoms with Gasteiger partial charge in [0, 0.05) is 19.1 Å². The Bertz CT molecular complexity index is 401. The van der Waals surface area contributed by atoms with Crippen LogP contribution in [0.15, 0.2) is 0 Å². The lowest BCUT2D eigenvalue weighted by molar-refractivity contribution is 0.0900. The number of anilines is 2.